The third-order valence-corrected chi connectivity index (χ3v) is 8.02. The Morgan fingerprint density at radius 2 is 1.14 bits per heavy atom. The highest BCUT2D eigenvalue weighted by atomic mass is 16.1. The maximum absolute atomic E-state index is 12.0. The number of hydrogen-bond donors (Lipinski definition) is 3. The maximum atomic E-state index is 12.0. The van der Waals surface area contributed by atoms with Crippen molar-refractivity contribution in [2.75, 3.05) is 5.32 Å². The first-order valence-electron chi connectivity index (χ1n) is 14.3. The van der Waals surface area contributed by atoms with Crippen LogP contribution in [-0.4, -0.2) is 15.9 Å². The number of aromatic amines is 2. The first-order valence-corrected chi connectivity index (χ1v) is 14.3. The number of anilines is 1. The molecule has 0 unspecified atom stereocenters. The number of amides is 1. The van der Waals surface area contributed by atoms with Gasteiger partial charge in [-0.15, -0.1) is 0 Å². The molecule has 0 fully saturated rings. The molecular formula is C38H31N3O. The highest BCUT2D eigenvalue weighted by Gasteiger charge is 2.27. The zero-order valence-corrected chi connectivity index (χ0v) is 23.4. The van der Waals surface area contributed by atoms with Crippen LogP contribution in [-0.2, 0) is 11.2 Å². The van der Waals surface area contributed by atoms with Gasteiger partial charge in [-0.1, -0.05) is 115 Å². The molecule has 7 aromatic rings. The Kier molecular flexibility index (Phi) is 6.65. The SMILES string of the molecule is CC(=O)Nc1ccccc1Cc1[nH]c2ccccc2c1-c1c(C(c2ccccc2)c2ccccc2)[nH]c2ccccc12. The van der Waals surface area contributed by atoms with Crippen LogP contribution in [0.1, 0.15) is 40.9 Å². The number of para-hydroxylation sites is 3. The summed E-state index contributed by atoms with van der Waals surface area (Å²) in [5, 5.41) is 5.39. The number of rotatable bonds is 7. The quantitative estimate of drug-likeness (QED) is 0.184. The fourth-order valence-electron chi connectivity index (χ4n) is 6.26. The van der Waals surface area contributed by atoms with Gasteiger partial charge in [0.15, 0.2) is 0 Å². The van der Waals surface area contributed by atoms with E-state index in [1.807, 2.05) is 18.2 Å². The Hall–Kier alpha value is -5.35. The third-order valence-electron chi connectivity index (χ3n) is 8.02. The number of carbonyl (C=O) groups excluding carboxylic acids is 1. The first kappa shape index (κ1) is 25.6. The summed E-state index contributed by atoms with van der Waals surface area (Å²) in [5.74, 6) is -0.0743. The monoisotopic (exact) mass is 545 g/mol. The van der Waals surface area contributed by atoms with Gasteiger partial charge in [0, 0.05) is 69.3 Å². The number of nitrogens with one attached hydrogen (secondary N) is 3. The van der Waals surface area contributed by atoms with Gasteiger partial charge in [0.1, 0.15) is 0 Å². The van der Waals surface area contributed by atoms with Crippen molar-refractivity contribution in [1.82, 2.24) is 9.97 Å². The number of hydrogen-bond acceptors (Lipinski definition) is 1. The standard InChI is InChI=1S/C38H31N3O/c1-25(42)39-31-21-11-8-18-28(31)24-34-36(29-19-9-12-22-32(29)40-34)37-30-20-10-13-23-33(30)41-38(37)35(26-14-4-2-5-15-26)27-16-6-3-7-17-27/h2-23,35,40-41H,24H2,1H3,(H,39,42). The van der Waals surface area contributed by atoms with Gasteiger partial charge >= 0.3 is 0 Å². The van der Waals surface area contributed by atoms with Crippen molar-refractivity contribution in [3.05, 3.63) is 162 Å². The average Bonchev–Trinajstić information content (AvgIpc) is 3.56. The normalized spacial score (nSPS) is 11.4. The molecule has 2 heterocycles. The molecule has 5 aromatic carbocycles. The van der Waals surface area contributed by atoms with Crippen molar-refractivity contribution in [3.63, 3.8) is 0 Å². The zero-order chi connectivity index (χ0) is 28.5. The molecule has 204 valence electrons. The van der Waals surface area contributed by atoms with Crippen LogP contribution in [0.4, 0.5) is 5.69 Å². The lowest BCUT2D eigenvalue weighted by molar-refractivity contribution is -0.114. The number of fused-ring (bicyclic) bond motifs is 2. The predicted octanol–water partition coefficient (Wildman–Crippen LogP) is 9.05. The maximum Gasteiger partial charge on any atom is 0.221 e. The van der Waals surface area contributed by atoms with Gasteiger partial charge in [0.25, 0.3) is 0 Å². The van der Waals surface area contributed by atoms with Crippen molar-refractivity contribution in [2.45, 2.75) is 19.3 Å². The minimum absolute atomic E-state index is 0.00276. The summed E-state index contributed by atoms with van der Waals surface area (Å²) in [5.41, 5.74) is 11.2. The topological polar surface area (TPSA) is 60.7 Å². The molecule has 0 atom stereocenters. The molecule has 0 aliphatic rings. The third kappa shape index (κ3) is 4.67. The molecule has 2 aromatic heterocycles. The number of carbonyl (C=O) groups is 1. The Morgan fingerprint density at radius 1 is 0.619 bits per heavy atom. The second-order valence-electron chi connectivity index (χ2n) is 10.8. The summed E-state index contributed by atoms with van der Waals surface area (Å²) in [6.07, 6.45) is 0.640. The van der Waals surface area contributed by atoms with Crippen LogP contribution in [0.15, 0.2) is 133 Å². The summed E-state index contributed by atoms with van der Waals surface area (Å²) in [6.45, 7) is 1.55. The minimum Gasteiger partial charge on any atom is -0.358 e. The van der Waals surface area contributed by atoms with E-state index in [4.69, 9.17) is 0 Å². The van der Waals surface area contributed by atoms with Gasteiger partial charge in [-0.05, 0) is 34.9 Å². The van der Waals surface area contributed by atoms with Crippen molar-refractivity contribution in [3.8, 4) is 11.1 Å². The lowest BCUT2D eigenvalue weighted by Crippen LogP contribution is -2.08. The van der Waals surface area contributed by atoms with E-state index in [0.29, 0.717) is 6.42 Å². The summed E-state index contributed by atoms with van der Waals surface area (Å²) in [7, 11) is 0. The molecule has 0 aliphatic heterocycles. The molecule has 7 rings (SSSR count). The van der Waals surface area contributed by atoms with E-state index < -0.39 is 0 Å². The lowest BCUT2D eigenvalue weighted by atomic mass is 9.84. The minimum atomic E-state index is -0.0770. The summed E-state index contributed by atoms with van der Waals surface area (Å²) in [4.78, 5) is 19.7. The van der Waals surface area contributed by atoms with Gasteiger partial charge in [-0.2, -0.15) is 0 Å². The fraction of sp³-hybridized carbons (Fsp3) is 0.0789. The van der Waals surface area contributed by atoms with Crippen LogP contribution in [0.5, 0.6) is 0 Å². The Balaban J connectivity index is 1.52. The molecule has 3 N–H and O–H groups in total. The van der Waals surface area contributed by atoms with Crippen LogP contribution in [0.25, 0.3) is 32.9 Å². The molecule has 4 nitrogen and oxygen atoms in total. The van der Waals surface area contributed by atoms with Crippen molar-refractivity contribution >= 4 is 33.4 Å². The molecule has 1 amide bonds. The van der Waals surface area contributed by atoms with Crippen LogP contribution in [0.3, 0.4) is 0 Å². The Morgan fingerprint density at radius 3 is 1.79 bits per heavy atom. The zero-order valence-electron chi connectivity index (χ0n) is 23.4. The second-order valence-corrected chi connectivity index (χ2v) is 10.8. The van der Waals surface area contributed by atoms with Gasteiger partial charge in [-0.3, -0.25) is 4.79 Å². The molecule has 0 radical (unpaired) electrons. The Labute approximate surface area is 245 Å². The molecule has 0 bridgehead atoms. The van der Waals surface area contributed by atoms with Crippen LogP contribution in [0.2, 0.25) is 0 Å². The largest absolute Gasteiger partial charge is 0.358 e. The van der Waals surface area contributed by atoms with Gasteiger partial charge < -0.3 is 15.3 Å². The number of aromatic nitrogens is 2. The molecule has 0 spiro atoms. The van der Waals surface area contributed by atoms with E-state index in [0.717, 1.165) is 33.7 Å². The van der Waals surface area contributed by atoms with E-state index >= 15 is 0 Å². The molecule has 0 aliphatic carbocycles. The van der Waals surface area contributed by atoms with Crippen LogP contribution < -0.4 is 5.32 Å². The molecule has 4 heteroatoms. The Bertz CT molecular complexity index is 1980. The second kappa shape index (κ2) is 10.9. The van der Waals surface area contributed by atoms with E-state index in [9.17, 15) is 4.79 Å². The predicted molar refractivity (Wildman–Crippen MR) is 173 cm³/mol. The highest BCUT2D eigenvalue weighted by molar-refractivity contribution is 6.08. The van der Waals surface area contributed by atoms with E-state index in [1.165, 1.54) is 33.0 Å². The van der Waals surface area contributed by atoms with E-state index in [1.54, 1.807) is 6.92 Å². The summed E-state index contributed by atoms with van der Waals surface area (Å²) in [6, 6.07) is 46.6. The van der Waals surface area contributed by atoms with Gasteiger partial charge in [-0.25, -0.2) is 0 Å². The molecule has 0 saturated carbocycles. The smallest absolute Gasteiger partial charge is 0.221 e. The molecule has 0 saturated heterocycles. The van der Waals surface area contributed by atoms with Crippen LogP contribution >= 0.6 is 0 Å². The molecular weight excluding hydrogens is 514 g/mol. The molecule has 42 heavy (non-hydrogen) atoms. The lowest BCUT2D eigenvalue weighted by Gasteiger charge is -2.20. The van der Waals surface area contributed by atoms with Gasteiger partial charge in [0.05, 0.1) is 0 Å². The van der Waals surface area contributed by atoms with Crippen molar-refractivity contribution in [2.24, 2.45) is 0 Å². The van der Waals surface area contributed by atoms with Crippen molar-refractivity contribution in [1.29, 1.82) is 0 Å². The summed E-state index contributed by atoms with van der Waals surface area (Å²) >= 11 is 0. The van der Waals surface area contributed by atoms with E-state index in [-0.39, 0.29) is 11.8 Å². The fourth-order valence-corrected chi connectivity index (χ4v) is 6.26. The number of benzene rings is 5. The average molecular weight is 546 g/mol. The van der Waals surface area contributed by atoms with Crippen LogP contribution in [0, 0.1) is 0 Å². The number of H-pyrrole nitrogens is 2. The van der Waals surface area contributed by atoms with E-state index in [2.05, 4.69) is 131 Å². The van der Waals surface area contributed by atoms with Crippen molar-refractivity contribution < 1.29 is 4.79 Å². The van der Waals surface area contributed by atoms with Gasteiger partial charge in [0.2, 0.25) is 5.91 Å². The highest BCUT2D eigenvalue weighted by Crippen LogP contribution is 2.45. The summed E-state index contributed by atoms with van der Waals surface area (Å²) < 4.78 is 0. The first-order chi connectivity index (χ1) is 20.7.